The fourth-order valence-corrected chi connectivity index (χ4v) is 3.17. The average molecular weight is 366 g/mol. The molecule has 0 aliphatic heterocycles. The summed E-state index contributed by atoms with van der Waals surface area (Å²) in [6.45, 7) is 2.68. The molecule has 2 heterocycles. The second-order valence-corrected chi connectivity index (χ2v) is 6.92. The number of carbonyl (C=O) groups excluding carboxylic acids is 1. The smallest absolute Gasteiger partial charge is 0.346 e. The molecule has 0 saturated heterocycles. The Kier molecular flexibility index (Phi) is 4.66. The van der Waals surface area contributed by atoms with Crippen molar-refractivity contribution in [3.63, 3.8) is 0 Å². The lowest BCUT2D eigenvalue weighted by Crippen LogP contribution is -2.32. The molecule has 1 aliphatic rings. The lowest BCUT2D eigenvalue weighted by atomic mass is 10.1. The minimum Gasteiger partial charge on any atom is -0.461 e. The highest BCUT2D eigenvalue weighted by Gasteiger charge is 2.31. The fourth-order valence-electron chi connectivity index (χ4n) is 3.17. The first kappa shape index (κ1) is 17.3. The van der Waals surface area contributed by atoms with E-state index < -0.39 is 0 Å². The Morgan fingerprint density at radius 3 is 2.85 bits per heavy atom. The minimum atomic E-state index is -0.156. The van der Waals surface area contributed by atoms with Crippen molar-refractivity contribution in [3.05, 3.63) is 64.3 Å². The molecule has 0 atom stereocenters. The first-order valence-corrected chi connectivity index (χ1v) is 9.17. The van der Waals surface area contributed by atoms with Gasteiger partial charge >= 0.3 is 5.69 Å². The van der Waals surface area contributed by atoms with Gasteiger partial charge in [0.1, 0.15) is 0 Å². The van der Waals surface area contributed by atoms with Crippen LogP contribution in [0.5, 0.6) is 0 Å². The van der Waals surface area contributed by atoms with Gasteiger partial charge in [0.25, 0.3) is 0 Å². The number of nitrogens with zero attached hydrogens (tertiary/aromatic N) is 3. The van der Waals surface area contributed by atoms with Crippen LogP contribution in [0.3, 0.4) is 0 Å². The third-order valence-corrected chi connectivity index (χ3v) is 4.62. The van der Waals surface area contributed by atoms with Gasteiger partial charge in [0.15, 0.2) is 5.76 Å². The maximum absolute atomic E-state index is 12.7. The summed E-state index contributed by atoms with van der Waals surface area (Å²) in [5.74, 6) is 1.07. The van der Waals surface area contributed by atoms with Crippen molar-refractivity contribution < 1.29 is 9.21 Å². The van der Waals surface area contributed by atoms with Crippen LogP contribution in [0.2, 0.25) is 0 Å². The summed E-state index contributed by atoms with van der Waals surface area (Å²) in [4.78, 5) is 24.8. The molecule has 1 saturated carbocycles. The maximum atomic E-state index is 12.7. The molecule has 3 aromatic rings. The van der Waals surface area contributed by atoms with Crippen LogP contribution in [0, 0.1) is 6.92 Å². The van der Waals surface area contributed by atoms with Crippen LogP contribution in [0.15, 0.2) is 51.9 Å². The molecule has 27 heavy (non-hydrogen) atoms. The van der Waals surface area contributed by atoms with E-state index in [1.807, 2.05) is 31.2 Å². The normalized spacial score (nSPS) is 13.7. The van der Waals surface area contributed by atoms with Gasteiger partial charge in [-0.25, -0.2) is 9.48 Å². The standard InChI is InChI=1S/C20H22N4O3/c1-14-4-2-5-15(12-14)13-18(25)21-9-10-23-20(26)24(16-7-8-16)19(22-23)17-6-3-11-27-17/h2-6,11-12,16H,7-10,13H2,1H3,(H,21,25). The SMILES string of the molecule is Cc1cccc(CC(=O)NCCn2nc(-c3ccco3)n(C3CC3)c2=O)c1. The van der Waals surface area contributed by atoms with Gasteiger partial charge in [-0.3, -0.25) is 9.36 Å². The van der Waals surface area contributed by atoms with Crippen LogP contribution in [-0.4, -0.2) is 26.8 Å². The van der Waals surface area contributed by atoms with Gasteiger partial charge in [0.05, 0.1) is 19.2 Å². The van der Waals surface area contributed by atoms with Crippen molar-refractivity contribution in [2.24, 2.45) is 0 Å². The number of aromatic nitrogens is 3. The topological polar surface area (TPSA) is 82.1 Å². The average Bonchev–Trinajstić information content (AvgIpc) is 3.21. The van der Waals surface area contributed by atoms with Crippen molar-refractivity contribution in [3.8, 4) is 11.6 Å². The number of carbonyl (C=O) groups is 1. The predicted octanol–water partition coefficient (Wildman–Crippen LogP) is 2.31. The van der Waals surface area contributed by atoms with Crippen LogP contribution in [0.4, 0.5) is 0 Å². The number of hydrogen-bond donors (Lipinski definition) is 1. The number of nitrogens with one attached hydrogen (secondary N) is 1. The number of rotatable bonds is 7. The zero-order chi connectivity index (χ0) is 18.8. The van der Waals surface area contributed by atoms with Crippen LogP contribution in [0.25, 0.3) is 11.6 Å². The minimum absolute atomic E-state index is 0.0680. The number of amides is 1. The Bertz CT molecular complexity index is 997. The third kappa shape index (κ3) is 3.86. The van der Waals surface area contributed by atoms with E-state index in [4.69, 9.17) is 4.42 Å². The zero-order valence-electron chi connectivity index (χ0n) is 15.2. The highest BCUT2D eigenvalue weighted by molar-refractivity contribution is 5.78. The Labute approximate surface area is 156 Å². The Morgan fingerprint density at radius 1 is 1.30 bits per heavy atom. The number of furan rings is 1. The summed E-state index contributed by atoms with van der Waals surface area (Å²) >= 11 is 0. The maximum Gasteiger partial charge on any atom is 0.346 e. The molecule has 140 valence electrons. The second kappa shape index (κ2) is 7.26. The zero-order valence-corrected chi connectivity index (χ0v) is 15.2. The molecule has 1 N–H and O–H groups in total. The summed E-state index contributed by atoms with van der Waals surface area (Å²) < 4.78 is 8.53. The van der Waals surface area contributed by atoms with Crippen molar-refractivity contribution in [1.82, 2.24) is 19.7 Å². The van der Waals surface area contributed by atoms with E-state index in [0.29, 0.717) is 31.1 Å². The first-order valence-electron chi connectivity index (χ1n) is 9.17. The molecule has 1 aromatic carbocycles. The molecule has 0 spiro atoms. The molecule has 2 aromatic heterocycles. The second-order valence-electron chi connectivity index (χ2n) is 6.92. The summed E-state index contributed by atoms with van der Waals surface area (Å²) in [6.07, 6.45) is 3.85. The van der Waals surface area contributed by atoms with Crippen LogP contribution in [0.1, 0.15) is 30.0 Å². The van der Waals surface area contributed by atoms with Crippen LogP contribution in [-0.2, 0) is 17.8 Å². The molecular formula is C20H22N4O3. The van der Waals surface area contributed by atoms with Crippen LogP contribution < -0.4 is 11.0 Å². The molecule has 1 fully saturated rings. The molecule has 0 radical (unpaired) electrons. The van der Waals surface area contributed by atoms with E-state index in [0.717, 1.165) is 24.0 Å². The summed E-state index contributed by atoms with van der Waals surface area (Å²) in [5, 5.41) is 7.29. The van der Waals surface area contributed by atoms with E-state index in [2.05, 4.69) is 10.4 Å². The molecule has 0 bridgehead atoms. The molecular weight excluding hydrogens is 344 g/mol. The van der Waals surface area contributed by atoms with Gasteiger partial charge < -0.3 is 9.73 Å². The largest absolute Gasteiger partial charge is 0.461 e. The van der Waals surface area contributed by atoms with Gasteiger partial charge in [-0.1, -0.05) is 29.8 Å². The van der Waals surface area contributed by atoms with E-state index in [1.165, 1.54) is 4.68 Å². The van der Waals surface area contributed by atoms with Crippen molar-refractivity contribution in [1.29, 1.82) is 0 Å². The van der Waals surface area contributed by atoms with E-state index in [-0.39, 0.29) is 17.6 Å². The van der Waals surface area contributed by atoms with E-state index >= 15 is 0 Å². The highest BCUT2D eigenvalue weighted by Crippen LogP contribution is 2.36. The quantitative estimate of drug-likeness (QED) is 0.696. The number of aryl methyl sites for hydroxylation is 1. The number of hydrogen-bond acceptors (Lipinski definition) is 4. The Balaban J connectivity index is 1.41. The van der Waals surface area contributed by atoms with Gasteiger partial charge in [-0.05, 0) is 37.5 Å². The van der Waals surface area contributed by atoms with Gasteiger partial charge in [-0.2, -0.15) is 0 Å². The molecule has 7 heteroatoms. The van der Waals surface area contributed by atoms with Gasteiger partial charge in [0, 0.05) is 12.6 Å². The van der Waals surface area contributed by atoms with E-state index in [9.17, 15) is 9.59 Å². The molecule has 1 amide bonds. The predicted molar refractivity (Wildman–Crippen MR) is 100 cm³/mol. The lowest BCUT2D eigenvalue weighted by Gasteiger charge is -2.05. The Morgan fingerprint density at radius 2 is 2.15 bits per heavy atom. The monoisotopic (exact) mass is 366 g/mol. The summed E-state index contributed by atoms with van der Waals surface area (Å²) in [6, 6.07) is 11.7. The van der Waals surface area contributed by atoms with Crippen LogP contribution >= 0.6 is 0 Å². The lowest BCUT2D eigenvalue weighted by molar-refractivity contribution is -0.120. The fraction of sp³-hybridized carbons (Fsp3) is 0.350. The third-order valence-electron chi connectivity index (χ3n) is 4.62. The molecule has 1 aliphatic carbocycles. The van der Waals surface area contributed by atoms with Crippen molar-refractivity contribution in [2.75, 3.05) is 6.54 Å². The van der Waals surface area contributed by atoms with Crippen molar-refractivity contribution >= 4 is 5.91 Å². The molecule has 0 unspecified atom stereocenters. The van der Waals surface area contributed by atoms with Gasteiger partial charge in [0.2, 0.25) is 11.7 Å². The summed E-state index contributed by atoms with van der Waals surface area (Å²) in [5.41, 5.74) is 1.95. The highest BCUT2D eigenvalue weighted by atomic mass is 16.3. The summed E-state index contributed by atoms with van der Waals surface area (Å²) in [7, 11) is 0. The van der Waals surface area contributed by atoms with Gasteiger partial charge in [-0.15, -0.1) is 5.10 Å². The van der Waals surface area contributed by atoms with Crippen molar-refractivity contribution in [2.45, 2.75) is 38.8 Å². The Hall–Kier alpha value is -3.09. The first-order chi connectivity index (χ1) is 13.1. The number of benzene rings is 1. The molecule has 7 nitrogen and oxygen atoms in total. The van der Waals surface area contributed by atoms with E-state index in [1.54, 1.807) is 23.0 Å². The molecule has 4 rings (SSSR count).